The molecule has 1 saturated heterocycles. The number of carbonyl (C=O) groups is 3. The lowest BCUT2D eigenvalue weighted by Crippen LogP contribution is -2.48. The maximum atomic E-state index is 11.9. The van der Waals surface area contributed by atoms with Crippen molar-refractivity contribution in [1.29, 1.82) is 0 Å². The number of rotatable bonds is 2. The second-order valence-electron chi connectivity index (χ2n) is 6.00. The first-order valence-corrected chi connectivity index (χ1v) is 8.03. The summed E-state index contributed by atoms with van der Waals surface area (Å²) in [7, 11) is 0. The summed E-state index contributed by atoms with van der Waals surface area (Å²) in [5.74, 6) is -1.98. The molecule has 1 saturated carbocycles. The monoisotopic (exact) mass is 295 g/mol. The van der Waals surface area contributed by atoms with Crippen LogP contribution in [0.4, 0.5) is 0 Å². The normalized spacial score (nSPS) is 21.3. The molecule has 0 radical (unpaired) electrons. The Bertz CT molecular complexity index is 384. The Balaban J connectivity index is 1.76. The third-order valence-corrected chi connectivity index (χ3v) is 4.34. The second kappa shape index (κ2) is 8.12. The molecule has 1 aliphatic heterocycles. The van der Waals surface area contributed by atoms with Gasteiger partial charge in [0.2, 0.25) is 5.91 Å². The van der Waals surface area contributed by atoms with E-state index in [9.17, 15) is 14.4 Å². The van der Waals surface area contributed by atoms with Crippen molar-refractivity contribution in [3.63, 3.8) is 0 Å². The van der Waals surface area contributed by atoms with Crippen LogP contribution in [0.5, 0.6) is 0 Å². The molecule has 0 aromatic rings. The molecule has 0 atom stereocenters. The van der Waals surface area contributed by atoms with Gasteiger partial charge in [0.1, 0.15) is 0 Å². The molecule has 0 aromatic carbocycles. The third kappa shape index (κ3) is 5.12. The summed E-state index contributed by atoms with van der Waals surface area (Å²) in [4.78, 5) is 35.6. The molecule has 0 bridgehead atoms. The minimum Gasteiger partial charge on any atom is -0.345 e. The average molecular weight is 295 g/mol. The van der Waals surface area contributed by atoms with Gasteiger partial charge in [0.05, 0.1) is 0 Å². The first kappa shape index (κ1) is 15.9. The van der Waals surface area contributed by atoms with Gasteiger partial charge in [-0.3, -0.25) is 19.7 Å². The molecule has 0 spiro atoms. The van der Waals surface area contributed by atoms with Crippen LogP contribution in [0.2, 0.25) is 0 Å². The van der Waals surface area contributed by atoms with Crippen molar-refractivity contribution in [2.24, 2.45) is 5.92 Å². The molecule has 6 heteroatoms. The van der Waals surface area contributed by atoms with Crippen molar-refractivity contribution in [2.45, 2.75) is 57.4 Å². The summed E-state index contributed by atoms with van der Waals surface area (Å²) in [6.07, 6.45) is 7.80. The zero-order valence-electron chi connectivity index (χ0n) is 12.5. The summed E-state index contributed by atoms with van der Waals surface area (Å²) in [6.45, 7) is 1.56. The van der Waals surface area contributed by atoms with Crippen LogP contribution in [-0.4, -0.2) is 36.9 Å². The van der Waals surface area contributed by atoms with Crippen molar-refractivity contribution in [2.75, 3.05) is 13.1 Å². The van der Waals surface area contributed by atoms with Gasteiger partial charge in [-0.25, -0.2) is 0 Å². The Morgan fingerprint density at radius 3 is 2.05 bits per heavy atom. The minimum absolute atomic E-state index is 0.0692. The van der Waals surface area contributed by atoms with Gasteiger partial charge in [-0.1, -0.05) is 25.7 Å². The van der Waals surface area contributed by atoms with E-state index >= 15 is 0 Å². The third-order valence-electron chi connectivity index (χ3n) is 4.34. The highest BCUT2D eigenvalue weighted by atomic mass is 16.2. The van der Waals surface area contributed by atoms with Crippen LogP contribution in [0.25, 0.3) is 0 Å². The van der Waals surface area contributed by atoms with Gasteiger partial charge in [0, 0.05) is 12.0 Å². The standard InChI is InChI=1S/C15H25N3O3/c19-13(11-7-9-16-10-8-11)18-15(21)14(20)17-12-5-3-1-2-4-6-12/h11-12,16H,1-10H2,(H,17,20)(H,18,19,21). The van der Waals surface area contributed by atoms with Crippen molar-refractivity contribution in [3.8, 4) is 0 Å². The topological polar surface area (TPSA) is 87.3 Å². The van der Waals surface area contributed by atoms with Gasteiger partial charge in [0.15, 0.2) is 0 Å². The summed E-state index contributed by atoms with van der Waals surface area (Å²) in [5, 5.41) is 8.15. The number of carbonyl (C=O) groups excluding carboxylic acids is 3. The highest BCUT2D eigenvalue weighted by Gasteiger charge is 2.26. The van der Waals surface area contributed by atoms with E-state index in [4.69, 9.17) is 0 Å². The Kier molecular flexibility index (Phi) is 6.17. The number of imide groups is 1. The van der Waals surface area contributed by atoms with Crippen molar-refractivity contribution in [3.05, 3.63) is 0 Å². The van der Waals surface area contributed by atoms with Gasteiger partial charge < -0.3 is 10.6 Å². The lowest BCUT2D eigenvalue weighted by molar-refractivity contribution is -0.143. The molecule has 1 aliphatic carbocycles. The van der Waals surface area contributed by atoms with E-state index in [2.05, 4.69) is 16.0 Å². The van der Waals surface area contributed by atoms with Crippen molar-refractivity contribution >= 4 is 17.7 Å². The van der Waals surface area contributed by atoms with E-state index in [-0.39, 0.29) is 17.9 Å². The zero-order chi connectivity index (χ0) is 15.1. The fraction of sp³-hybridized carbons (Fsp3) is 0.800. The number of hydrogen-bond acceptors (Lipinski definition) is 4. The quantitative estimate of drug-likeness (QED) is 0.510. The van der Waals surface area contributed by atoms with E-state index in [0.29, 0.717) is 12.8 Å². The second-order valence-corrected chi connectivity index (χ2v) is 6.00. The Morgan fingerprint density at radius 1 is 0.810 bits per heavy atom. The molecular formula is C15H25N3O3. The van der Waals surface area contributed by atoms with E-state index in [1.54, 1.807) is 0 Å². The lowest BCUT2D eigenvalue weighted by Gasteiger charge is -2.21. The molecule has 118 valence electrons. The summed E-state index contributed by atoms with van der Waals surface area (Å²) in [5.41, 5.74) is 0. The summed E-state index contributed by atoms with van der Waals surface area (Å²) in [6, 6.07) is 0.0692. The first-order chi connectivity index (χ1) is 10.2. The molecule has 21 heavy (non-hydrogen) atoms. The van der Waals surface area contributed by atoms with Gasteiger partial charge >= 0.3 is 11.8 Å². The number of nitrogens with one attached hydrogen (secondary N) is 3. The molecule has 2 fully saturated rings. The van der Waals surface area contributed by atoms with Crippen LogP contribution in [-0.2, 0) is 14.4 Å². The Labute approximate surface area is 125 Å². The van der Waals surface area contributed by atoms with Crippen LogP contribution in [0.3, 0.4) is 0 Å². The predicted octanol–water partition coefficient (Wildman–Crippen LogP) is 0.468. The SMILES string of the molecule is O=C(NC(=O)C1CCNCC1)C(=O)NC1CCCCCC1. The lowest BCUT2D eigenvalue weighted by atomic mass is 9.97. The zero-order valence-corrected chi connectivity index (χ0v) is 12.5. The molecule has 0 unspecified atom stereocenters. The summed E-state index contributed by atoms with van der Waals surface area (Å²) < 4.78 is 0. The van der Waals surface area contributed by atoms with Crippen LogP contribution >= 0.6 is 0 Å². The average Bonchev–Trinajstić information content (AvgIpc) is 2.76. The number of amides is 3. The maximum absolute atomic E-state index is 11.9. The molecule has 0 aromatic heterocycles. The first-order valence-electron chi connectivity index (χ1n) is 8.03. The molecule has 2 rings (SSSR count). The number of piperidine rings is 1. The van der Waals surface area contributed by atoms with E-state index in [1.165, 1.54) is 12.8 Å². The number of hydrogen-bond donors (Lipinski definition) is 3. The molecular weight excluding hydrogens is 270 g/mol. The Morgan fingerprint density at radius 2 is 1.43 bits per heavy atom. The molecule has 3 amide bonds. The van der Waals surface area contributed by atoms with Crippen LogP contribution in [0.15, 0.2) is 0 Å². The summed E-state index contributed by atoms with van der Waals surface area (Å²) >= 11 is 0. The van der Waals surface area contributed by atoms with Gasteiger partial charge in [-0.2, -0.15) is 0 Å². The van der Waals surface area contributed by atoms with Crippen LogP contribution < -0.4 is 16.0 Å². The van der Waals surface area contributed by atoms with E-state index in [0.717, 1.165) is 38.8 Å². The maximum Gasteiger partial charge on any atom is 0.315 e. The highest BCUT2D eigenvalue weighted by molar-refractivity contribution is 6.37. The van der Waals surface area contributed by atoms with Gasteiger partial charge in [-0.05, 0) is 38.8 Å². The predicted molar refractivity (Wildman–Crippen MR) is 78.4 cm³/mol. The van der Waals surface area contributed by atoms with E-state index in [1.807, 2.05) is 0 Å². The van der Waals surface area contributed by atoms with Crippen LogP contribution in [0.1, 0.15) is 51.4 Å². The van der Waals surface area contributed by atoms with Crippen LogP contribution in [0, 0.1) is 5.92 Å². The van der Waals surface area contributed by atoms with E-state index < -0.39 is 11.8 Å². The van der Waals surface area contributed by atoms with Gasteiger partial charge in [0.25, 0.3) is 0 Å². The smallest absolute Gasteiger partial charge is 0.315 e. The molecule has 6 nitrogen and oxygen atoms in total. The van der Waals surface area contributed by atoms with Crippen molar-refractivity contribution in [1.82, 2.24) is 16.0 Å². The van der Waals surface area contributed by atoms with Crippen molar-refractivity contribution < 1.29 is 14.4 Å². The Hall–Kier alpha value is -1.43. The largest absolute Gasteiger partial charge is 0.345 e. The highest BCUT2D eigenvalue weighted by Crippen LogP contribution is 2.17. The molecule has 2 aliphatic rings. The fourth-order valence-corrected chi connectivity index (χ4v) is 3.03. The minimum atomic E-state index is -0.817. The van der Waals surface area contributed by atoms with Gasteiger partial charge in [-0.15, -0.1) is 0 Å². The fourth-order valence-electron chi connectivity index (χ4n) is 3.03. The molecule has 3 N–H and O–H groups in total. The molecule has 1 heterocycles.